The van der Waals surface area contributed by atoms with Gasteiger partial charge in [0.1, 0.15) is 17.6 Å². The Balaban J connectivity index is 1.87. The van der Waals surface area contributed by atoms with Crippen LogP contribution in [0.25, 0.3) is 11.1 Å². The van der Waals surface area contributed by atoms with Crippen molar-refractivity contribution in [3.63, 3.8) is 0 Å². The van der Waals surface area contributed by atoms with Gasteiger partial charge in [0, 0.05) is 17.2 Å². The molecule has 2 nitrogen and oxygen atoms in total. The summed E-state index contributed by atoms with van der Waals surface area (Å²) in [7, 11) is 0. The third-order valence-electron chi connectivity index (χ3n) is 5.27. The third kappa shape index (κ3) is 3.23. The molecule has 0 amide bonds. The van der Waals surface area contributed by atoms with E-state index in [1.807, 2.05) is 12.1 Å². The number of hydrogen-bond acceptors (Lipinski definition) is 2. The molecule has 136 valence electrons. The first-order valence-corrected chi connectivity index (χ1v) is 9.40. The lowest BCUT2D eigenvalue weighted by atomic mass is 9.85. The monoisotopic (exact) mass is 356 g/mol. The Morgan fingerprint density at radius 3 is 2.26 bits per heavy atom. The van der Waals surface area contributed by atoms with E-state index in [2.05, 4.69) is 69.3 Å². The lowest BCUT2D eigenvalue weighted by Gasteiger charge is -2.31. The van der Waals surface area contributed by atoms with E-state index < -0.39 is 0 Å². The molecule has 0 fully saturated rings. The van der Waals surface area contributed by atoms with Crippen LogP contribution in [0.5, 0.6) is 11.5 Å². The highest BCUT2D eigenvalue weighted by molar-refractivity contribution is 5.95. The topological polar surface area (TPSA) is 29.5 Å². The summed E-state index contributed by atoms with van der Waals surface area (Å²) in [5.74, 6) is 1.44. The van der Waals surface area contributed by atoms with E-state index in [4.69, 9.17) is 4.74 Å². The summed E-state index contributed by atoms with van der Waals surface area (Å²) in [4.78, 5) is 0. The molecule has 0 aliphatic carbocycles. The molecule has 4 rings (SSSR count). The number of allylic oxidation sites excluding steroid dienone is 1. The molecule has 2 heteroatoms. The standard InChI is InChI=1S/C25H24O2/c1-16(2)18-9-11-20(12-10-18)25-24(19-7-5-4-6-8-19)17(3)22-14-13-21(26)15-23(22)27-25/h4-16,25-26H,1-3H3. The lowest BCUT2D eigenvalue weighted by molar-refractivity contribution is 0.259. The Hall–Kier alpha value is -3.00. The van der Waals surface area contributed by atoms with Crippen LogP contribution in [0.1, 0.15) is 55.0 Å². The quantitative estimate of drug-likeness (QED) is 0.574. The molecular formula is C25H24O2. The van der Waals surface area contributed by atoms with E-state index in [-0.39, 0.29) is 11.9 Å². The minimum Gasteiger partial charge on any atom is -0.508 e. The molecule has 1 aliphatic rings. The molecule has 0 spiro atoms. The summed E-state index contributed by atoms with van der Waals surface area (Å²) in [6, 6.07) is 24.4. The maximum Gasteiger partial charge on any atom is 0.150 e. The molecule has 1 heterocycles. The number of hydrogen-bond donors (Lipinski definition) is 1. The highest BCUT2D eigenvalue weighted by Gasteiger charge is 2.29. The largest absolute Gasteiger partial charge is 0.508 e. The fourth-order valence-corrected chi connectivity index (χ4v) is 3.72. The van der Waals surface area contributed by atoms with E-state index >= 15 is 0 Å². The summed E-state index contributed by atoms with van der Waals surface area (Å²) < 4.78 is 6.42. The molecular weight excluding hydrogens is 332 g/mol. The van der Waals surface area contributed by atoms with Crippen LogP contribution in [-0.4, -0.2) is 5.11 Å². The van der Waals surface area contributed by atoms with E-state index in [9.17, 15) is 5.11 Å². The second-order valence-corrected chi connectivity index (χ2v) is 7.40. The average Bonchev–Trinajstić information content (AvgIpc) is 2.68. The molecule has 1 aliphatic heterocycles. The smallest absolute Gasteiger partial charge is 0.150 e. The summed E-state index contributed by atoms with van der Waals surface area (Å²) >= 11 is 0. The van der Waals surface area contributed by atoms with Gasteiger partial charge in [-0.3, -0.25) is 0 Å². The van der Waals surface area contributed by atoms with Gasteiger partial charge in [0.25, 0.3) is 0 Å². The first kappa shape index (κ1) is 17.4. The molecule has 0 aromatic heterocycles. The average molecular weight is 356 g/mol. The van der Waals surface area contributed by atoms with E-state index in [0.717, 1.165) is 22.4 Å². The number of phenolic OH excluding ortho intramolecular Hbond substituents is 1. The Kier molecular flexibility index (Phi) is 4.49. The normalized spacial score (nSPS) is 16.2. The van der Waals surface area contributed by atoms with Gasteiger partial charge in [-0.1, -0.05) is 68.4 Å². The zero-order valence-electron chi connectivity index (χ0n) is 15.9. The molecule has 0 saturated heterocycles. The lowest BCUT2D eigenvalue weighted by Crippen LogP contribution is -2.16. The van der Waals surface area contributed by atoms with Gasteiger partial charge in [-0.05, 0) is 47.2 Å². The highest BCUT2D eigenvalue weighted by atomic mass is 16.5. The van der Waals surface area contributed by atoms with Crippen LogP contribution in [0.4, 0.5) is 0 Å². The molecule has 3 aromatic rings. The fraction of sp³-hybridized carbons (Fsp3) is 0.200. The van der Waals surface area contributed by atoms with Crippen molar-refractivity contribution in [1.29, 1.82) is 0 Å². The molecule has 0 saturated carbocycles. The van der Waals surface area contributed by atoms with Gasteiger partial charge < -0.3 is 9.84 Å². The van der Waals surface area contributed by atoms with Gasteiger partial charge in [-0.25, -0.2) is 0 Å². The zero-order chi connectivity index (χ0) is 19.0. The first-order chi connectivity index (χ1) is 13.0. The number of benzene rings is 3. The van der Waals surface area contributed by atoms with Crippen molar-refractivity contribution in [3.8, 4) is 11.5 Å². The second kappa shape index (κ2) is 6.96. The predicted molar refractivity (Wildman–Crippen MR) is 111 cm³/mol. The first-order valence-electron chi connectivity index (χ1n) is 9.40. The maximum absolute atomic E-state index is 9.92. The number of aromatic hydroxyl groups is 1. The van der Waals surface area contributed by atoms with Gasteiger partial charge in [0.2, 0.25) is 0 Å². The van der Waals surface area contributed by atoms with E-state index in [1.54, 1.807) is 12.1 Å². The Labute approximate surface area is 160 Å². The highest BCUT2D eigenvalue weighted by Crippen LogP contribution is 2.47. The van der Waals surface area contributed by atoms with Crippen LogP contribution >= 0.6 is 0 Å². The number of fused-ring (bicyclic) bond motifs is 1. The van der Waals surface area contributed by atoms with Crippen molar-refractivity contribution in [2.24, 2.45) is 0 Å². The molecule has 1 atom stereocenters. The predicted octanol–water partition coefficient (Wildman–Crippen LogP) is 6.58. The van der Waals surface area contributed by atoms with Crippen molar-refractivity contribution >= 4 is 11.1 Å². The fourth-order valence-electron chi connectivity index (χ4n) is 3.72. The van der Waals surface area contributed by atoms with Crippen LogP contribution < -0.4 is 4.74 Å². The van der Waals surface area contributed by atoms with Crippen molar-refractivity contribution in [3.05, 3.63) is 95.1 Å². The van der Waals surface area contributed by atoms with Crippen LogP contribution in [-0.2, 0) is 0 Å². The Morgan fingerprint density at radius 2 is 1.59 bits per heavy atom. The van der Waals surface area contributed by atoms with Gasteiger partial charge >= 0.3 is 0 Å². The van der Waals surface area contributed by atoms with E-state index in [0.29, 0.717) is 5.92 Å². The molecule has 0 radical (unpaired) electrons. The van der Waals surface area contributed by atoms with Crippen LogP contribution in [0.3, 0.4) is 0 Å². The van der Waals surface area contributed by atoms with Gasteiger partial charge in [-0.2, -0.15) is 0 Å². The van der Waals surface area contributed by atoms with Crippen LogP contribution in [0.2, 0.25) is 0 Å². The third-order valence-corrected chi connectivity index (χ3v) is 5.27. The minimum absolute atomic E-state index is 0.206. The maximum atomic E-state index is 9.92. The molecule has 1 unspecified atom stereocenters. The Morgan fingerprint density at radius 1 is 0.889 bits per heavy atom. The Bertz CT molecular complexity index is 983. The SMILES string of the molecule is CC1=C(c2ccccc2)C(c2ccc(C(C)C)cc2)Oc2cc(O)ccc21. The van der Waals surface area contributed by atoms with Crippen molar-refractivity contribution < 1.29 is 9.84 Å². The van der Waals surface area contributed by atoms with Crippen LogP contribution in [0, 0.1) is 0 Å². The summed E-state index contributed by atoms with van der Waals surface area (Å²) in [6.07, 6.45) is -0.206. The van der Waals surface area contributed by atoms with Crippen LogP contribution in [0.15, 0.2) is 72.8 Å². The number of rotatable bonds is 3. The van der Waals surface area contributed by atoms with E-state index in [1.165, 1.54) is 16.7 Å². The number of ether oxygens (including phenoxy) is 1. The minimum atomic E-state index is -0.206. The van der Waals surface area contributed by atoms with Gasteiger partial charge in [-0.15, -0.1) is 0 Å². The summed E-state index contributed by atoms with van der Waals surface area (Å²) in [5, 5.41) is 9.92. The van der Waals surface area contributed by atoms with Crippen molar-refractivity contribution in [1.82, 2.24) is 0 Å². The zero-order valence-corrected chi connectivity index (χ0v) is 15.9. The molecule has 27 heavy (non-hydrogen) atoms. The van der Waals surface area contributed by atoms with Gasteiger partial charge in [0.05, 0.1) is 0 Å². The second-order valence-electron chi connectivity index (χ2n) is 7.40. The van der Waals surface area contributed by atoms with Gasteiger partial charge in [0.15, 0.2) is 0 Å². The van der Waals surface area contributed by atoms with Crippen molar-refractivity contribution in [2.75, 3.05) is 0 Å². The molecule has 1 N–H and O–H groups in total. The number of phenols is 1. The molecule has 0 bridgehead atoms. The summed E-state index contributed by atoms with van der Waals surface area (Å²) in [6.45, 7) is 6.53. The van der Waals surface area contributed by atoms with Crippen molar-refractivity contribution in [2.45, 2.75) is 32.8 Å². The molecule has 3 aromatic carbocycles. The summed E-state index contributed by atoms with van der Waals surface area (Å²) in [5.41, 5.74) is 6.97.